The number of hydrogen-bond acceptors (Lipinski definition) is 6. The van der Waals surface area contributed by atoms with E-state index in [2.05, 4.69) is 32.9 Å². The molecule has 1 aromatic heterocycles. The standard InChI is InChI=1S/C26H29Cl2N5O/c27-21-7-6-18(22(28)11-21)13-32-14-19-3-1-5-23-24(19)25(32)30-26(29-23)33-15-20(16-33)17-4-2-8-31(12-17)9-10-34/h1,3,5-7,11,17,20,34H,2,4,8-10,12-16H2/t17-/m0/s1. The van der Waals surface area contributed by atoms with Gasteiger partial charge >= 0.3 is 0 Å². The molecule has 4 heterocycles. The van der Waals surface area contributed by atoms with Gasteiger partial charge in [0.25, 0.3) is 0 Å². The summed E-state index contributed by atoms with van der Waals surface area (Å²) >= 11 is 12.6. The zero-order chi connectivity index (χ0) is 23.2. The van der Waals surface area contributed by atoms with E-state index in [1.165, 1.54) is 18.4 Å². The second kappa shape index (κ2) is 9.15. The maximum atomic E-state index is 9.30. The Bertz CT molecular complexity index is 1210. The van der Waals surface area contributed by atoms with Gasteiger partial charge in [-0.3, -0.25) is 0 Å². The van der Waals surface area contributed by atoms with Crippen molar-refractivity contribution >= 4 is 45.9 Å². The molecule has 2 saturated heterocycles. The summed E-state index contributed by atoms with van der Waals surface area (Å²) < 4.78 is 0. The van der Waals surface area contributed by atoms with E-state index in [1.54, 1.807) is 6.07 Å². The highest BCUT2D eigenvalue weighted by molar-refractivity contribution is 6.35. The first kappa shape index (κ1) is 22.4. The molecule has 34 heavy (non-hydrogen) atoms. The molecule has 0 unspecified atom stereocenters. The van der Waals surface area contributed by atoms with Gasteiger partial charge in [0, 0.05) is 54.7 Å². The number of nitrogens with zero attached hydrogens (tertiary/aromatic N) is 5. The number of aliphatic hydroxyl groups is 1. The van der Waals surface area contributed by atoms with Crippen LogP contribution in [0.4, 0.5) is 11.8 Å². The van der Waals surface area contributed by atoms with Crippen LogP contribution in [-0.2, 0) is 13.1 Å². The van der Waals surface area contributed by atoms with Crippen molar-refractivity contribution < 1.29 is 5.11 Å². The van der Waals surface area contributed by atoms with Crippen molar-refractivity contribution in [3.63, 3.8) is 0 Å². The van der Waals surface area contributed by atoms with Gasteiger partial charge in [-0.15, -0.1) is 0 Å². The summed E-state index contributed by atoms with van der Waals surface area (Å²) in [7, 11) is 0. The van der Waals surface area contributed by atoms with Gasteiger partial charge in [0.15, 0.2) is 0 Å². The van der Waals surface area contributed by atoms with Gasteiger partial charge in [0.1, 0.15) is 5.82 Å². The number of benzene rings is 2. The highest BCUT2D eigenvalue weighted by Gasteiger charge is 2.37. The molecule has 0 saturated carbocycles. The Labute approximate surface area is 210 Å². The number of aliphatic hydroxyl groups excluding tert-OH is 1. The summed E-state index contributed by atoms with van der Waals surface area (Å²) in [5.41, 5.74) is 3.31. The minimum Gasteiger partial charge on any atom is -0.395 e. The van der Waals surface area contributed by atoms with Crippen LogP contribution in [0, 0.1) is 11.8 Å². The maximum absolute atomic E-state index is 9.30. The van der Waals surface area contributed by atoms with Gasteiger partial charge in [-0.2, -0.15) is 4.98 Å². The van der Waals surface area contributed by atoms with Crippen LogP contribution in [0.5, 0.6) is 0 Å². The van der Waals surface area contributed by atoms with Crippen molar-refractivity contribution in [3.05, 3.63) is 57.6 Å². The van der Waals surface area contributed by atoms with Gasteiger partial charge in [-0.05, 0) is 60.5 Å². The van der Waals surface area contributed by atoms with Gasteiger partial charge in [-0.1, -0.05) is 41.4 Å². The predicted molar refractivity (Wildman–Crippen MR) is 138 cm³/mol. The Hall–Kier alpha value is -2.12. The molecular formula is C26H29Cl2N5O. The predicted octanol–water partition coefficient (Wildman–Crippen LogP) is 4.60. The lowest BCUT2D eigenvalue weighted by molar-refractivity contribution is 0.101. The number of piperidine rings is 1. The van der Waals surface area contributed by atoms with Crippen LogP contribution in [0.25, 0.3) is 10.9 Å². The number of likely N-dealkylation sites (tertiary alicyclic amines) is 1. The number of hydrogen-bond donors (Lipinski definition) is 1. The van der Waals surface area contributed by atoms with Gasteiger partial charge in [0.05, 0.1) is 12.1 Å². The second-order valence-electron chi connectivity index (χ2n) is 9.84. The summed E-state index contributed by atoms with van der Waals surface area (Å²) in [5.74, 6) is 3.19. The van der Waals surface area contributed by atoms with E-state index < -0.39 is 0 Å². The Morgan fingerprint density at radius 2 is 1.91 bits per heavy atom. The van der Waals surface area contributed by atoms with Crippen molar-refractivity contribution in [2.45, 2.75) is 25.9 Å². The third-order valence-electron chi connectivity index (χ3n) is 7.63. The average Bonchev–Trinajstić information content (AvgIpc) is 3.14. The van der Waals surface area contributed by atoms with E-state index in [0.29, 0.717) is 28.4 Å². The lowest BCUT2D eigenvalue weighted by Crippen LogP contribution is -2.54. The minimum atomic E-state index is 0.247. The molecule has 0 spiro atoms. The summed E-state index contributed by atoms with van der Waals surface area (Å²) in [4.78, 5) is 17.1. The molecular weight excluding hydrogens is 469 g/mol. The Morgan fingerprint density at radius 1 is 1.03 bits per heavy atom. The topological polar surface area (TPSA) is 55.7 Å². The van der Waals surface area contributed by atoms with E-state index in [0.717, 1.165) is 67.5 Å². The fraction of sp³-hybridized carbons (Fsp3) is 0.462. The van der Waals surface area contributed by atoms with E-state index in [9.17, 15) is 5.11 Å². The fourth-order valence-electron chi connectivity index (χ4n) is 5.78. The number of rotatable bonds is 6. The van der Waals surface area contributed by atoms with Crippen molar-refractivity contribution in [3.8, 4) is 0 Å². The molecule has 8 heteroatoms. The smallest absolute Gasteiger partial charge is 0.227 e. The molecule has 6 nitrogen and oxygen atoms in total. The molecule has 178 valence electrons. The third kappa shape index (κ3) is 4.11. The number of β-amino-alcohol motifs (C(OH)–C–C–N with tert-alkyl or cyclic N) is 1. The molecule has 0 radical (unpaired) electrons. The SMILES string of the molecule is OCCN1CCC[C@H](C2CN(c3nc4c5c(cccc5n3)CN4Cc3ccc(Cl)cc3Cl)C2)C1. The van der Waals surface area contributed by atoms with Crippen LogP contribution in [-0.4, -0.2) is 59.3 Å². The molecule has 0 aliphatic carbocycles. The van der Waals surface area contributed by atoms with Crippen LogP contribution < -0.4 is 9.80 Å². The lowest BCUT2D eigenvalue weighted by atomic mass is 9.81. The Kier molecular flexibility index (Phi) is 6.02. The lowest BCUT2D eigenvalue weighted by Gasteiger charge is -2.46. The van der Waals surface area contributed by atoms with Gasteiger partial charge < -0.3 is 19.8 Å². The maximum Gasteiger partial charge on any atom is 0.227 e. The van der Waals surface area contributed by atoms with Crippen molar-refractivity contribution in [1.29, 1.82) is 0 Å². The summed E-state index contributed by atoms with van der Waals surface area (Å²) in [6.07, 6.45) is 2.51. The number of aromatic nitrogens is 2. The number of anilines is 2. The first-order chi connectivity index (χ1) is 16.6. The first-order valence-electron chi connectivity index (χ1n) is 12.2. The summed E-state index contributed by atoms with van der Waals surface area (Å²) in [5, 5.41) is 11.8. The van der Waals surface area contributed by atoms with Crippen molar-refractivity contribution in [1.82, 2.24) is 14.9 Å². The van der Waals surface area contributed by atoms with Gasteiger partial charge in [0.2, 0.25) is 5.95 Å². The molecule has 3 aliphatic rings. The summed E-state index contributed by atoms with van der Waals surface area (Å²) in [6.45, 7) is 6.74. The molecule has 3 aromatic rings. The van der Waals surface area contributed by atoms with Crippen LogP contribution in [0.15, 0.2) is 36.4 Å². The van der Waals surface area contributed by atoms with E-state index in [-0.39, 0.29) is 6.61 Å². The molecule has 3 aliphatic heterocycles. The quantitative estimate of drug-likeness (QED) is 0.537. The molecule has 1 N–H and O–H groups in total. The first-order valence-corrected chi connectivity index (χ1v) is 12.9. The molecule has 0 bridgehead atoms. The Morgan fingerprint density at radius 3 is 2.74 bits per heavy atom. The van der Waals surface area contributed by atoms with Crippen LogP contribution >= 0.6 is 23.2 Å². The zero-order valence-electron chi connectivity index (χ0n) is 19.1. The average molecular weight is 498 g/mol. The monoisotopic (exact) mass is 497 g/mol. The second-order valence-corrected chi connectivity index (χ2v) is 10.7. The Balaban J connectivity index is 1.22. The molecule has 2 fully saturated rings. The van der Waals surface area contributed by atoms with Crippen molar-refractivity contribution in [2.75, 3.05) is 49.1 Å². The van der Waals surface area contributed by atoms with E-state index >= 15 is 0 Å². The van der Waals surface area contributed by atoms with Crippen LogP contribution in [0.1, 0.15) is 24.0 Å². The summed E-state index contributed by atoms with van der Waals surface area (Å²) in [6, 6.07) is 12.0. The van der Waals surface area contributed by atoms with Gasteiger partial charge in [-0.25, -0.2) is 4.98 Å². The van der Waals surface area contributed by atoms with E-state index in [4.69, 9.17) is 33.2 Å². The molecule has 6 rings (SSSR count). The third-order valence-corrected chi connectivity index (χ3v) is 8.22. The normalized spacial score (nSPS) is 20.9. The van der Waals surface area contributed by atoms with E-state index in [1.807, 2.05) is 12.1 Å². The zero-order valence-corrected chi connectivity index (χ0v) is 20.6. The largest absolute Gasteiger partial charge is 0.395 e. The number of halogens is 2. The highest BCUT2D eigenvalue weighted by Crippen LogP contribution is 2.40. The highest BCUT2D eigenvalue weighted by atomic mass is 35.5. The molecule has 0 amide bonds. The van der Waals surface area contributed by atoms with Crippen LogP contribution in [0.2, 0.25) is 10.0 Å². The van der Waals surface area contributed by atoms with Crippen molar-refractivity contribution in [2.24, 2.45) is 11.8 Å². The fourth-order valence-corrected chi connectivity index (χ4v) is 6.25. The van der Waals surface area contributed by atoms with Crippen LogP contribution in [0.3, 0.4) is 0 Å². The molecule has 1 atom stereocenters. The minimum absolute atomic E-state index is 0.247. The molecule has 2 aromatic carbocycles.